The molecule has 1 aromatic carbocycles. The fourth-order valence-electron chi connectivity index (χ4n) is 3.76. The van der Waals surface area contributed by atoms with Gasteiger partial charge in [-0.1, -0.05) is 54.0 Å². The minimum atomic E-state index is -0.577. The number of benzene rings is 1. The Balaban J connectivity index is 1.94. The molecule has 5 nitrogen and oxygen atoms in total. The molecule has 0 unspecified atom stereocenters. The van der Waals surface area contributed by atoms with Crippen molar-refractivity contribution in [3.05, 3.63) is 61.0 Å². The van der Waals surface area contributed by atoms with Crippen molar-refractivity contribution in [2.45, 2.75) is 43.7 Å². The number of carbonyl (C=O) groups excluding carboxylic acids is 1. The average Bonchev–Trinajstić information content (AvgIpc) is 2.67. The predicted octanol–water partition coefficient (Wildman–Crippen LogP) is 5.14. The number of Topliss-reactive ketones (excluding diaryl/α,β-unsaturated/α-hetero) is 1. The zero-order valence-electron chi connectivity index (χ0n) is 15.3. The zero-order valence-corrected chi connectivity index (χ0v) is 17.6. The number of aromatic amines is 1. The van der Waals surface area contributed by atoms with E-state index in [0.717, 1.165) is 30.7 Å². The summed E-state index contributed by atoms with van der Waals surface area (Å²) in [6.45, 7) is 2.07. The Morgan fingerprint density at radius 3 is 2.86 bits per heavy atom. The van der Waals surface area contributed by atoms with Gasteiger partial charge in [0.05, 0.1) is 15.6 Å². The minimum absolute atomic E-state index is 0.0317. The second kappa shape index (κ2) is 7.93. The first-order valence-electron chi connectivity index (χ1n) is 9.25. The van der Waals surface area contributed by atoms with Crippen LogP contribution in [0.4, 0.5) is 5.82 Å². The average molecular weight is 436 g/mol. The third-order valence-corrected chi connectivity index (χ3v) is 6.88. The van der Waals surface area contributed by atoms with Gasteiger partial charge in [0.15, 0.2) is 10.9 Å². The van der Waals surface area contributed by atoms with E-state index in [2.05, 4.69) is 22.2 Å². The lowest BCUT2D eigenvalue weighted by molar-refractivity contribution is -0.116. The SMILES string of the molecule is CCCSc1nc2c(c(=O)[nH]1)[C@@H](c1cccc(Cl)c1Cl)C1=C(CCCC1=O)N2. The molecule has 0 amide bonds. The van der Waals surface area contributed by atoms with Crippen molar-refractivity contribution >= 4 is 46.6 Å². The molecule has 0 radical (unpaired) electrons. The van der Waals surface area contributed by atoms with Crippen LogP contribution in [0, 0.1) is 0 Å². The molecule has 0 spiro atoms. The number of hydrogen-bond donors (Lipinski definition) is 2. The molecule has 0 saturated heterocycles. The van der Waals surface area contributed by atoms with Crippen LogP contribution in [0.2, 0.25) is 10.0 Å². The molecule has 0 fully saturated rings. The van der Waals surface area contributed by atoms with E-state index >= 15 is 0 Å². The lowest BCUT2D eigenvalue weighted by Gasteiger charge is -2.33. The minimum Gasteiger partial charge on any atom is -0.343 e. The number of H-pyrrole nitrogens is 1. The number of nitrogens with zero attached hydrogens (tertiary/aromatic N) is 1. The number of ketones is 1. The number of nitrogens with one attached hydrogen (secondary N) is 2. The van der Waals surface area contributed by atoms with E-state index in [9.17, 15) is 9.59 Å². The summed E-state index contributed by atoms with van der Waals surface area (Å²) in [5, 5.41) is 4.58. The van der Waals surface area contributed by atoms with Gasteiger partial charge in [0, 0.05) is 29.4 Å². The van der Waals surface area contributed by atoms with Crippen LogP contribution in [0.25, 0.3) is 0 Å². The number of anilines is 1. The number of hydrogen-bond acceptors (Lipinski definition) is 5. The molecule has 0 bridgehead atoms. The molecule has 1 aliphatic carbocycles. The summed E-state index contributed by atoms with van der Waals surface area (Å²) < 4.78 is 0. The number of allylic oxidation sites excluding steroid dienone is 2. The molecule has 2 aromatic rings. The summed E-state index contributed by atoms with van der Waals surface area (Å²) in [5.41, 5.74) is 2.24. The van der Waals surface area contributed by atoms with Crippen LogP contribution in [-0.2, 0) is 4.79 Å². The summed E-state index contributed by atoms with van der Waals surface area (Å²) >= 11 is 14.2. The zero-order chi connectivity index (χ0) is 19.8. The summed E-state index contributed by atoms with van der Waals surface area (Å²) in [4.78, 5) is 33.4. The maximum atomic E-state index is 13.1. The van der Waals surface area contributed by atoms with Crippen LogP contribution in [0.5, 0.6) is 0 Å². The van der Waals surface area contributed by atoms with E-state index < -0.39 is 5.92 Å². The Hall–Kier alpha value is -1.76. The van der Waals surface area contributed by atoms with E-state index in [1.807, 2.05) is 6.07 Å². The number of carbonyl (C=O) groups is 1. The summed E-state index contributed by atoms with van der Waals surface area (Å²) in [6, 6.07) is 5.30. The first-order chi connectivity index (χ1) is 13.5. The van der Waals surface area contributed by atoms with Gasteiger partial charge in [-0.05, 0) is 30.9 Å². The number of rotatable bonds is 4. The Labute approximate surface area is 176 Å². The highest BCUT2D eigenvalue weighted by Gasteiger charge is 2.38. The van der Waals surface area contributed by atoms with E-state index in [0.29, 0.717) is 44.1 Å². The van der Waals surface area contributed by atoms with Crippen molar-refractivity contribution in [3.8, 4) is 0 Å². The van der Waals surface area contributed by atoms with E-state index in [4.69, 9.17) is 23.2 Å². The Morgan fingerprint density at radius 1 is 1.25 bits per heavy atom. The normalized spacial score (nSPS) is 18.5. The van der Waals surface area contributed by atoms with Crippen molar-refractivity contribution in [2.24, 2.45) is 0 Å². The molecule has 1 atom stereocenters. The van der Waals surface area contributed by atoms with Crippen LogP contribution in [0.3, 0.4) is 0 Å². The van der Waals surface area contributed by atoms with Gasteiger partial charge in [-0.3, -0.25) is 9.59 Å². The Kier molecular flexibility index (Phi) is 5.54. The smallest absolute Gasteiger partial charge is 0.257 e. The second-order valence-electron chi connectivity index (χ2n) is 6.85. The monoisotopic (exact) mass is 435 g/mol. The van der Waals surface area contributed by atoms with Crippen LogP contribution in [0.1, 0.15) is 49.7 Å². The van der Waals surface area contributed by atoms with Crippen LogP contribution < -0.4 is 10.9 Å². The second-order valence-corrected chi connectivity index (χ2v) is 8.72. The molecule has 2 N–H and O–H groups in total. The highest BCUT2D eigenvalue weighted by atomic mass is 35.5. The molecule has 1 aromatic heterocycles. The Bertz CT molecular complexity index is 1050. The first-order valence-corrected chi connectivity index (χ1v) is 11.0. The maximum Gasteiger partial charge on any atom is 0.257 e. The Morgan fingerprint density at radius 2 is 2.07 bits per heavy atom. The number of thioether (sulfide) groups is 1. The van der Waals surface area contributed by atoms with Gasteiger partial charge in [0.25, 0.3) is 5.56 Å². The molecule has 0 saturated carbocycles. The standard InChI is InChI=1S/C20H19Cl2N3O2S/c1-2-9-28-20-24-18-16(19(27)25-20)14(10-5-3-6-11(21)17(10)22)15-12(23-18)7-4-8-13(15)26/h3,5-6,14H,2,4,7-9H2,1H3,(H2,23,24,25,27)/t14-/m0/s1. The molecular formula is C20H19Cl2N3O2S. The lowest BCUT2D eigenvalue weighted by atomic mass is 9.76. The fraction of sp³-hybridized carbons (Fsp3) is 0.350. The molecule has 2 heterocycles. The van der Waals surface area contributed by atoms with Crippen LogP contribution >= 0.6 is 35.0 Å². The highest BCUT2D eigenvalue weighted by Crippen LogP contribution is 2.46. The largest absolute Gasteiger partial charge is 0.343 e. The van der Waals surface area contributed by atoms with Crippen molar-refractivity contribution in [3.63, 3.8) is 0 Å². The molecule has 8 heteroatoms. The first kappa shape index (κ1) is 19.6. The highest BCUT2D eigenvalue weighted by molar-refractivity contribution is 7.99. The van der Waals surface area contributed by atoms with Gasteiger partial charge in [0.1, 0.15) is 5.82 Å². The van der Waals surface area contributed by atoms with Gasteiger partial charge in [-0.25, -0.2) is 4.98 Å². The van der Waals surface area contributed by atoms with Crippen LogP contribution in [-0.4, -0.2) is 21.5 Å². The topological polar surface area (TPSA) is 74.8 Å². The molecule has 2 aliphatic rings. The molecule has 1 aliphatic heterocycles. The van der Waals surface area contributed by atoms with Gasteiger partial charge in [0.2, 0.25) is 0 Å². The van der Waals surface area contributed by atoms with E-state index in [1.54, 1.807) is 12.1 Å². The number of fused-ring (bicyclic) bond motifs is 1. The third-order valence-electron chi connectivity index (χ3n) is 4.97. The van der Waals surface area contributed by atoms with Gasteiger partial charge >= 0.3 is 0 Å². The number of aromatic nitrogens is 2. The molecule has 146 valence electrons. The van der Waals surface area contributed by atoms with Crippen molar-refractivity contribution in [2.75, 3.05) is 11.1 Å². The van der Waals surface area contributed by atoms with Crippen molar-refractivity contribution < 1.29 is 4.79 Å². The van der Waals surface area contributed by atoms with Gasteiger partial charge in [-0.15, -0.1) is 0 Å². The summed E-state index contributed by atoms with van der Waals surface area (Å²) in [7, 11) is 0. The molecular weight excluding hydrogens is 417 g/mol. The molecule has 28 heavy (non-hydrogen) atoms. The van der Waals surface area contributed by atoms with Crippen molar-refractivity contribution in [1.29, 1.82) is 0 Å². The lowest BCUT2D eigenvalue weighted by Crippen LogP contribution is -2.32. The van der Waals surface area contributed by atoms with E-state index in [1.165, 1.54) is 11.8 Å². The predicted molar refractivity (Wildman–Crippen MR) is 114 cm³/mol. The third kappa shape index (κ3) is 3.38. The molecule has 4 rings (SSSR count). The number of halogens is 2. The summed E-state index contributed by atoms with van der Waals surface area (Å²) in [6.07, 6.45) is 2.95. The van der Waals surface area contributed by atoms with Gasteiger partial charge < -0.3 is 10.3 Å². The van der Waals surface area contributed by atoms with E-state index in [-0.39, 0.29) is 11.3 Å². The van der Waals surface area contributed by atoms with Crippen molar-refractivity contribution in [1.82, 2.24) is 9.97 Å². The quantitative estimate of drug-likeness (QED) is 0.513. The van der Waals surface area contributed by atoms with Gasteiger partial charge in [-0.2, -0.15) is 0 Å². The van der Waals surface area contributed by atoms with Crippen LogP contribution in [0.15, 0.2) is 39.4 Å². The fourth-order valence-corrected chi connectivity index (χ4v) is 4.90. The summed E-state index contributed by atoms with van der Waals surface area (Å²) in [5.74, 6) is 0.811. The maximum absolute atomic E-state index is 13.1.